The van der Waals surface area contributed by atoms with Crippen molar-refractivity contribution in [2.24, 2.45) is 0 Å². The maximum absolute atomic E-state index is 12.3. The third-order valence-corrected chi connectivity index (χ3v) is 5.65. The van der Waals surface area contributed by atoms with Gasteiger partial charge in [-0.25, -0.2) is 4.98 Å². The first-order valence-corrected chi connectivity index (χ1v) is 11.8. The van der Waals surface area contributed by atoms with E-state index < -0.39 is 0 Å². The van der Waals surface area contributed by atoms with Crippen LogP contribution < -0.4 is 14.8 Å². The van der Waals surface area contributed by atoms with E-state index in [1.54, 1.807) is 30.3 Å². The molecule has 0 aliphatic rings. The second-order valence-electron chi connectivity index (χ2n) is 7.74. The van der Waals surface area contributed by atoms with Gasteiger partial charge in [0.2, 0.25) is 0 Å². The van der Waals surface area contributed by atoms with Gasteiger partial charge < -0.3 is 19.8 Å². The van der Waals surface area contributed by atoms with E-state index in [2.05, 4.69) is 37.3 Å². The highest BCUT2D eigenvalue weighted by atomic mass is 79.9. The number of carbonyl (C=O) groups excluding carboxylic acids is 1. The third kappa shape index (κ3) is 5.89. The lowest BCUT2D eigenvalue weighted by atomic mass is 10.1. The summed E-state index contributed by atoms with van der Waals surface area (Å²) >= 11 is 3.52. The number of nitrogens with one attached hydrogen (secondary N) is 2. The average molecular weight is 531 g/mol. The molecule has 1 amide bonds. The number of aryl methyl sites for hydroxylation is 1. The summed E-state index contributed by atoms with van der Waals surface area (Å²) in [4.78, 5) is 20.1. The molecule has 0 aliphatic heterocycles. The van der Waals surface area contributed by atoms with Gasteiger partial charge in [-0.15, -0.1) is 0 Å². The number of rotatable bonds is 8. The summed E-state index contributed by atoms with van der Waals surface area (Å²) in [7, 11) is 0. The van der Waals surface area contributed by atoms with E-state index in [1.165, 1.54) is 0 Å². The number of H-pyrrole nitrogens is 1. The Balaban J connectivity index is 1.58. The highest BCUT2D eigenvalue weighted by molar-refractivity contribution is 9.10. The van der Waals surface area contributed by atoms with Crippen molar-refractivity contribution >= 4 is 50.2 Å². The molecule has 0 bridgehead atoms. The van der Waals surface area contributed by atoms with Crippen LogP contribution in [0.1, 0.15) is 23.9 Å². The van der Waals surface area contributed by atoms with E-state index in [9.17, 15) is 10.1 Å². The molecular weight excluding hydrogens is 508 g/mol. The number of carbonyl (C=O) groups is 1. The molecule has 4 rings (SSSR count). The number of ether oxygens (including phenoxy) is 2. The van der Waals surface area contributed by atoms with Crippen LogP contribution in [-0.2, 0) is 4.79 Å². The second kappa shape index (κ2) is 10.9. The average Bonchev–Trinajstić information content (AvgIpc) is 3.26. The second-order valence-corrected chi connectivity index (χ2v) is 8.60. The van der Waals surface area contributed by atoms with Crippen LogP contribution in [0.15, 0.2) is 65.1 Å². The van der Waals surface area contributed by atoms with E-state index in [-0.39, 0.29) is 12.5 Å². The number of aromatic nitrogens is 2. The number of anilines is 1. The Morgan fingerprint density at radius 3 is 2.71 bits per heavy atom. The molecule has 1 aromatic heterocycles. The highest BCUT2D eigenvalue weighted by Crippen LogP contribution is 2.38. The van der Waals surface area contributed by atoms with Gasteiger partial charge in [0.15, 0.2) is 18.1 Å². The lowest BCUT2D eigenvalue weighted by molar-refractivity contribution is -0.118. The number of hydrogen-bond donors (Lipinski definition) is 2. The van der Waals surface area contributed by atoms with Crippen LogP contribution in [0.2, 0.25) is 0 Å². The molecule has 35 heavy (non-hydrogen) atoms. The monoisotopic (exact) mass is 530 g/mol. The van der Waals surface area contributed by atoms with Crippen molar-refractivity contribution in [3.8, 4) is 17.6 Å². The van der Waals surface area contributed by atoms with E-state index in [0.29, 0.717) is 39.7 Å². The molecule has 1 heterocycles. The predicted molar refractivity (Wildman–Crippen MR) is 140 cm³/mol. The smallest absolute Gasteiger partial charge is 0.262 e. The minimum atomic E-state index is -0.290. The molecule has 0 radical (unpaired) electrons. The zero-order valence-corrected chi connectivity index (χ0v) is 20.8. The first-order valence-electron chi connectivity index (χ1n) is 11.0. The lowest BCUT2D eigenvalue weighted by Crippen LogP contribution is -2.20. The number of fused-ring (bicyclic) bond motifs is 1. The Morgan fingerprint density at radius 2 is 1.97 bits per heavy atom. The molecule has 0 fully saturated rings. The number of halogens is 1. The molecule has 0 saturated heterocycles. The van der Waals surface area contributed by atoms with Crippen molar-refractivity contribution in [3.05, 3.63) is 82.1 Å². The zero-order chi connectivity index (χ0) is 24.8. The number of imidazole rings is 1. The number of allylic oxidation sites excluding steroid dienone is 1. The summed E-state index contributed by atoms with van der Waals surface area (Å²) in [5.74, 6) is 1.06. The highest BCUT2D eigenvalue weighted by Gasteiger charge is 2.15. The Morgan fingerprint density at radius 1 is 1.17 bits per heavy atom. The van der Waals surface area contributed by atoms with Crippen molar-refractivity contribution in [1.29, 1.82) is 5.26 Å². The molecule has 3 aromatic carbocycles. The maximum atomic E-state index is 12.3. The van der Waals surface area contributed by atoms with E-state index in [0.717, 1.165) is 22.2 Å². The summed E-state index contributed by atoms with van der Waals surface area (Å²) in [5, 5.41) is 12.6. The fourth-order valence-electron chi connectivity index (χ4n) is 3.50. The molecule has 8 heteroatoms. The van der Waals surface area contributed by atoms with Crippen LogP contribution in [0, 0.1) is 18.3 Å². The number of amides is 1. The molecule has 0 saturated carbocycles. The summed E-state index contributed by atoms with van der Waals surface area (Å²) in [6.07, 6.45) is 1.73. The van der Waals surface area contributed by atoms with Crippen molar-refractivity contribution in [2.75, 3.05) is 18.5 Å². The van der Waals surface area contributed by atoms with Gasteiger partial charge >= 0.3 is 0 Å². The Bertz CT molecular complexity index is 1440. The van der Waals surface area contributed by atoms with Gasteiger partial charge in [0.05, 0.1) is 27.7 Å². The first-order chi connectivity index (χ1) is 17.0. The quantitative estimate of drug-likeness (QED) is 0.267. The van der Waals surface area contributed by atoms with Crippen molar-refractivity contribution in [1.82, 2.24) is 9.97 Å². The van der Waals surface area contributed by atoms with Crippen LogP contribution >= 0.6 is 15.9 Å². The van der Waals surface area contributed by atoms with E-state index in [1.807, 2.05) is 50.2 Å². The summed E-state index contributed by atoms with van der Waals surface area (Å²) in [6.45, 7) is 4.08. The van der Waals surface area contributed by atoms with Gasteiger partial charge in [-0.05, 0) is 83.4 Å². The number of nitriles is 1. The van der Waals surface area contributed by atoms with Gasteiger partial charge in [-0.2, -0.15) is 5.26 Å². The van der Waals surface area contributed by atoms with Gasteiger partial charge in [0, 0.05) is 5.69 Å². The van der Waals surface area contributed by atoms with Crippen molar-refractivity contribution in [2.45, 2.75) is 13.8 Å². The minimum absolute atomic E-state index is 0.190. The SMILES string of the molecule is CCOc1cc(/C=C(/C#N)c2nc3ccc(C)cc3[nH]2)cc(Br)c1OCC(=O)Nc1ccccc1. The molecule has 4 aromatic rings. The maximum Gasteiger partial charge on any atom is 0.262 e. The van der Waals surface area contributed by atoms with Crippen LogP contribution in [0.4, 0.5) is 5.69 Å². The van der Waals surface area contributed by atoms with E-state index >= 15 is 0 Å². The fraction of sp³-hybridized carbons (Fsp3) is 0.148. The standard InChI is InChI=1S/C27H23BrN4O3/c1-3-34-24-14-18(12-19(15-29)27-31-22-10-9-17(2)11-23(22)32-27)13-21(28)26(24)35-16-25(33)30-20-7-5-4-6-8-20/h4-14H,3,16H2,1-2H3,(H,30,33)(H,31,32)/b19-12-. The van der Waals surface area contributed by atoms with Gasteiger partial charge in [0.25, 0.3) is 5.91 Å². The minimum Gasteiger partial charge on any atom is -0.490 e. The molecule has 2 N–H and O–H groups in total. The Kier molecular flexibility index (Phi) is 7.48. The van der Waals surface area contributed by atoms with Gasteiger partial charge in [-0.1, -0.05) is 24.3 Å². The van der Waals surface area contributed by atoms with E-state index in [4.69, 9.17) is 9.47 Å². The zero-order valence-electron chi connectivity index (χ0n) is 19.3. The van der Waals surface area contributed by atoms with Crippen LogP contribution in [0.3, 0.4) is 0 Å². The molecule has 0 unspecified atom stereocenters. The summed E-state index contributed by atoms with van der Waals surface area (Å²) < 4.78 is 12.2. The molecular formula is C27H23BrN4O3. The molecule has 0 atom stereocenters. The third-order valence-electron chi connectivity index (χ3n) is 5.06. The number of para-hydroxylation sites is 1. The number of hydrogen-bond acceptors (Lipinski definition) is 5. The topological polar surface area (TPSA) is 100 Å². The molecule has 0 aliphatic carbocycles. The van der Waals surface area contributed by atoms with Crippen LogP contribution in [0.5, 0.6) is 11.5 Å². The van der Waals surface area contributed by atoms with Crippen LogP contribution in [-0.4, -0.2) is 29.1 Å². The Hall–Kier alpha value is -4.09. The van der Waals surface area contributed by atoms with Crippen molar-refractivity contribution < 1.29 is 14.3 Å². The molecule has 0 spiro atoms. The van der Waals surface area contributed by atoms with Crippen LogP contribution in [0.25, 0.3) is 22.7 Å². The largest absolute Gasteiger partial charge is 0.490 e. The number of benzene rings is 3. The lowest BCUT2D eigenvalue weighted by Gasteiger charge is -2.15. The number of nitrogens with zero attached hydrogens (tertiary/aromatic N) is 2. The number of aromatic amines is 1. The van der Waals surface area contributed by atoms with Crippen molar-refractivity contribution in [3.63, 3.8) is 0 Å². The summed E-state index contributed by atoms with van der Waals surface area (Å²) in [6, 6.07) is 20.8. The predicted octanol–water partition coefficient (Wildman–Crippen LogP) is 6.11. The summed E-state index contributed by atoms with van der Waals surface area (Å²) in [5.41, 5.74) is 4.55. The molecule has 176 valence electrons. The Labute approximate surface area is 211 Å². The molecule has 7 nitrogen and oxygen atoms in total. The normalized spacial score (nSPS) is 11.2. The fourth-order valence-corrected chi connectivity index (χ4v) is 4.08. The van der Waals surface area contributed by atoms with Gasteiger partial charge in [-0.3, -0.25) is 4.79 Å². The first kappa shape index (κ1) is 24.0. The van der Waals surface area contributed by atoms with Gasteiger partial charge in [0.1, 0.15) is 11.9 Å².